The Hall–Kier alpha value is -0.297. The van der Waals surface area contributed by atoms with E-state index in [0.717, 1.165) is 11.5 Å². The maximum Gasteiger partial charge on any atom is 0.135 e. The van der Waals surface area contributed by atoms with Crippen LogP contribution in [0.4, 0.5) is 0 Å². The van der Waals surface area contributed by atoms with E-state index in [9.17, 15) is 0 Å². The van der Waals surface area contributed by atoms with E-state index in [4.69, 9.17) is 21.8 Å². The normalized spacial score (nSPS) is 8.62. The third-order valence-corrected chi connectivity index (χ3v) is 1.65. The van der Waals surface area contributed by atoms with Crippen molar-refractivity contribution >= 4 is 17.0 Å². The molecule has 0 amide bonds. The summed E-state index contributed by atoms with van der Waals surface area (Å²) in [6.07, 6.45) is 0. The van der Waals surface area contributed by atoms with Crippen LogP contribution in [-0.2, 0) is 20.8 Å². The summed E-state index contributed by atoms with van der Waals surface area (Å²) in [5.74, 6) is 1.58. The summed E-state index contributed by atoms with van der Waals surface area (Å²) in [7, 11) is 9.87. The Morgan fingerprint density at radius 2 is 1.56 bits per heavy atom. The zero-order valence-corrected chi connectivity index (χ0v) is 12.3. The largest absolute Gasteiger partial charge is 0.457 e. The molecule has 0 aromatic heterocycles. The maximum atomic E-state index is 5.52. The Balaban J connectivity index is 0.000000386. The molecule has 4 heteroatoms. The summed E-state index contributed by atoms with van der Waals surface area (Å²) < 4.78 is 5.52. The molecule has 1 radical (unpaired) electrons. The first-order chi connectivity index (χ1) is 7.86. The minimum absolute atomic E-state index is 0.744. The summed E-state index contributed by atoms with van der Waals surface area (Å²) in [5, 5.41) is 0. The monoisotopic (exact) mass is 329 g/mol. The molecule has 2 aromatic carbocycles. The van der Waals surface area contributed by atoms with Crippen molar-refractivity contribution in [2.75, 3.05) is 0 Å². The van der Waals surface area contributed by atoms with E-state index in [1.807, 2.05) is 54.6 Å². The van der Waals surface area contributed by atoms with E-state index in [1.54, 1.807) is 0 Å². The Bertz CT molecular complexity index is 343. The predicted molar refractivity (Wildman–Crippen MR) is 63.5 cm³/mol. The molecule has 0 unspecified atom stereocenters. The fourth-order valence-corrected chi connectivity index (χ4v) is 1.06. The molecule has 0 spiro atoms. The average molecular weight is 331 g/mol. The Morgan fingerprint density at radius 3 is 2.12 bits per heavy atom. The van der Waals surface area contributed by atoms with E-state index in [1.165, 1.54) is 0 Å². The molecule has 2 aromatic rings. The molecule has 0 N–H and O–H groups in total. The summed E-state index contributed by atoms with van der Waals surface area (Å²) in [6, 6.07) is 20.2. The molecular formula is C12H9Cl2OZr. The van der Waals surface area contributed by atoms with Gasteiger partial charge in [-0.2, -0.15) is 0 Å². The molecule has 0 saturated carbocycles. The Labute approximate surface area is 114 Å². The Kier molecular flexibility index (Phi) is 7.58. The summed E-state index contributed by atoms with van der Waals surface area (Å²) >= 11 is -0.826. The molecule has 0 aliphatic rings. The first kappa shape index (κ1) is 13.8. The van der Waals surface area contributed by atoms with Crippen LogP contribution < -0.4 is 4.74 Å². The van der Waals surface area contributed by atoms with Crippen LogP contribution in [0.5, 0.6) is 11.5 Å². The average Bonchev–Trinajstić information content (AvgIpc) is 2.33. The number of benzene rings is 2. The van der Waals surface area contributed by atoms with Crippen LogP contribution in [0.2, 0.25) is 0 Å². The van der Waals surface area contributed by atoms with Gasteiger partial charge >= 0.3 is 37.9 Å². The molecule has 1 nitrogen and oxygen atoms in total. The van der Waals surface area contributed by atoms with Crippen LogP contribution in [0.15, 0.2) is 54.6 Å². The van der Waals surface area contributed by atoms with Crippen LogP contribution in [0.25, 0.3) is 0 Å². The number of ether oxygens (including phenoxy) is 1. The fraction of sp³-hybridized carbons (Fsp3) is 0. The van der Waals surface area contributed by atoms with Crippen molar-refractivity contribution in [3.8, 4) is 11.5 Å². The number of rotatable bonds is 2. The van der Waals surface area contributed by atoms with Crippen molar-refractivity contribution in [2.24, 2.45) is 0 Å². The molecule has 0 fully saturated rings. The second-order valence-corrected chi connectivity index (χ2v) is 6.45. The zero-order chi connectivity index (χ0) is 11.6. The Morgan fingerprint density at radius 1 is 0.938 bits per heavy atom. The van der Waals surface area contributed by atoms with Crippen LogP contribution in [0.1, 0.15) is 0 Å². The second kappa shape index (κ2) is 8.81. The van der Waals surface area contributed by atoms with Crippen LogP contribution >= 0.6 is 17.0 Å². The molecule has 0 bridgehead atoms. The van der Waals surface area contributed by atoms with E-state index < -0.39 is 20.8 Å². The van der Waals surface area contributed by atoms with Crippen LogP contribution in [0.3, 0.4) is 0 Å². The molecule has 0 atom stereocenters. The van der Waals surface area contributed by atoms with Crippen molar-refractivity contribution in [1.29, 1.82) is 0 Å². The molecule has 0 aliphatic carbocycles. The summed E-state index contributed by atoms with van der Waals surface area (Å²) in [5.41, 5.74) is 0. The molecule has 81 valence electrons. The van der Waals surface area contributed by atoms with E-state index in [2.05, 4.69) is 6.07 Å². The fourth-order valence-electron chi connectivity index (χ4n) is 1.06. The van der Waals surface area contributed by atoms with Gasteiger partial charge in [-0.15, -0.1) is 0 Å². The van der Waals surface area contributed by atoms with Gasteiger partial charge in [0.1, 0.15) is 11.5 Å². The van der Waals surface area contributed by atoms with E-state index in [-0.39, 0.29) is 0 Å². The van der Waals surface area contributed by atoms with Crippen molar-refractivity contribution in [3.05, 3.63) is 60.7 Å². The SMILES string of the molecule is [Cl][Zr][Cl].[c]1ccccc1Oc1ccccc1. The first-order valence-corrected chi connectivity index (χ1v) is 10.9. The minimum atomic E-state index is -0.826. The van der Waals surface area contributed by atoms with Crippen molar-refractivity contribution in [2.45, 2.75) is 0 Å². The standard InChI is InChI=1S/C12H9O.2ClH.Zr/c1-3-7-11(8-4-1)13-12-9-5-2-6-10-12;;;/h1-9H;2*1H;/q;;;+2/p-2. The van der Waals surface area contributed by atoms with E-state index in [0.29, 0.717) is 0 Å². The maximum absolute atomic E-state index is 5.52. The van der Waals surface area contributed by atoms with Gasteiger partial charge in [-0.1, -0.05) is 36.4 Å². The van der Waals surface area contributed by atoms with Crippen molar-refractivity contribution in [3.63, 3.8) is 0 Å². The van der Waals surface area contributed by atoms with Crippen LogP contribution in [-0.4, -0.2) is 0 Å². The van der Waals surface area contributed by atoms with Gasteiger partial charge in [-0.05, 0) is 18.2 Å². The zero-order valence-electron chi connectivity index (χ0n) is 8.36. The topological polar surface area (TPSA) is 9.23 Å². The van der Waals surface area contributed by atoms with Gasteiger partial charge in [-0.3, -0.25) is 0 Å². The van der Waals surface area contributed by atoms with Gasteiger partial charge in [0.05, 0.1) is 0 Å². The molecule has 0 saturated heterocycles. The number of para-hydroxylation sites is 2. The molecule has 0 aliphatic heterocycles. The minimum Gasteiger partial charge on any atom is -0.457 e. The number of hydrogen-bond acceptors (Lipinski definition) is 1. The smallest absolute Gasteiger partial charge is 0.135 e. The van der Waals surface area contributed by atoms with Crippen molar-refractivity contribution < 1.29 is 25.6 Å². The molecular weight excluding hydrogens is 322 g/mol. The van der Waals surface area contributed by atoms with Gasteiger partial charge in [0.25, 0.3) is 0 Å². The number of halogens is 2. The van der Waals surface area contributed by atoms with Crippen LogP contribution in [0, 0.1) is 6.07 Å². The summed E-state index contributed by atoms with van der Waals surface area (Å²) in [6.45, 7) is 0. The van der Waals surface area contributed by atoms with Gasteiger partial charge < -0.3 is 4.74 Å². The summed E-state index contributed by atoms with van der Waals surface area (Å²) in [4.78, 5) is 0. The van der Waals surface area contributed by atoms with Gasteiger partial charge in [0.2, 0.25) is 0 Å². The quantitative estimate of drug-likeness (QED) is 0.778. The van der Waals surface area contributed by atoms with Gasteiger partial charge in [-0.25, -0.2) is 0 Å². The second-order valence-electron chi connectivity index (χ2n) is 2.71. The third kappa shape index (κ3) is 5.70. The third-order valence-electron chi connectivity index (χ3n) is 1.65. The van der Waals surface area contributed by atoms with Crippen molar-refractivity contribution in [1.82, 2.24) is 0 Å². The van der Waals surface area contributed by atoms with Gasteiger partial charge in [0.15, 0.2) is 0 Å². The first-order valence-electron chi connectivity index (χ1n) is 4.52. The molecule has 0 heterocycles. The van der Waals surface area contributed by atoms with E-state index >= 15 is 0 Å². The number of hydrogen-bond donors (Lipinski definition) is 0. The predicted octanol–water partition coefficient (Wildman–Crippen LogP) is 4.66. The van der Waals surface area contributed by atoms with Gasteiger partial charge in [0, 0.05) is 6.07 Å². The molecule has 16 heavy (non-hydrogen) atoms. The molecule has 2 rings (SSSR count).